The van der Waals surface area contributed by atoms with Gasteiger partial charge in [0.1, 0.15) is 17.3 Å². The molecule has 0 aliphatic carbocycles. The number of nitrogens with one attached hydrogen (secondary N) is 2. The van der Waals surface area contributed by atoms with Crippen molar-refractivity contribution in [1.29, 1.82) is 0 Å². The van der Waals surface area contributed by atoms with Crippen LogP contribution in [0.1, 0.15) is 16.1 Å². The van der Waals surface area contributed by atoms with Crippen molar-refractivity contribution in [2.75, 3.05) is 10.6 Å². The van der Waals surface area contributed by atoms with E-state index >= 15 is 0 Å². The third kappa shape index (κ3) is 4.31. The van der Waals surface area contributed by atoms with E-state index in [1.54, 1.807) is 12.4 Å². The van der Waals surface area contributed by atoms with Gasteiger partial charge in [0, 0.05) is 31.2 Å². The number of carbonyl (C=O) groups is 1. The molecule has 0 saturated carbocycles. The number of amides is 1. The number of hydrogen-bond donors (Lipinski definition) is 2. The van der Waals surface area contributed by atoms with E-state index in [1.165, 1.54) is 12.3 Å². The zero-order valence-corrected chi connectivity index (χ0v) is 12.9. The normalized spacial score (nSPS) is 10.3. The average molecular weight is 341 g/mol. The molecule has 1 amide bonds. The lowest BCUT2D eigenvalue weighted by molar-refractivity contribution is 0.102. The number of anilines is 2. The third-order valence-corrected chi connectivity index (χ3v) is 3.27. The Labute approximate surface area is 142 Å². The molecule has 8 heteroatoms. The van der Waals surface area contributed by atoms with Gasteiger partial charge in [0.2, 0.25) is 5.95 Å². The molecule has 0 bridgehead atoms. The number of aromatic nitrogens is 3. The molecule has 2 aromatic heterocycles. The van der Waals surface area contributed by atoms with Crippen LogP contribution in [0.25, 0.3) is 0 Å². The summed E-state index contributed by atoms with van der Waals surface area (Å²) in [7, 11) is 0. The molecule has 0 radical (unpaired) electrons. The van der Waals surface area contributed by atoms with Crippen LogP contribution >= 0.6 is 0 Å². The van der Waals surface area contributed by atoms with Crippen molar-refractivity contribution in [1.82, 2.24) is 15.0 Å². The second kappa shape index (κ2) is 7.43. The van der Waals surface area contributed by atoms with Crippen molar-refractivity contribution in [3.63, 3.8) is 0 Å². The monoisotopic (exact) mass is 341 g/mol. The lowest BCUT2D eigenvalue weighted by Crippen LogP contribution is -2.16. The first-order valence-electron chi connectivity index (χ1n) is 7.34. The number of carbonyl (C=O) groups excluding carboxylic acids is 1. The number of hydrogen-bond acceptors (Lipinski definition) is 5. The Morgan fingerprint density at radius 1 is 1.04 bits per heavy atom. The van der Waals surface area contributed by atoms with Gasteiger partial charge in [0.25, 0.3) is 5.91 Å². The number of rotatable bonds is 5. The predicted octanol–water partition coefficient (Wildman–Crippen LogP) is 3.01. The SMILES string of the molecule is O=C(Nc1ccc(F)cc1F)c1ccnc(NCc2ccncc2)n1. The van der Waals surface area contributed by atoms with Crippen molar-refractivity contribution >= 4 is 17.5 Å². The molecule has 3 rings (SSSR count). The van der Waals surface area contributed by atoms with Gasteiger partial charge in [-0.2, -0.15) is 0 Å². The number of halogens is 2. The van der Waals surface area contributed by atoms with E-state index in [1.807, 2.05) is 12.1 Å². The lowest BCUT2D eigenvalue weighted by atomic mass is 10.2. The van der Waals surface area contributed by atoms with Crippen LogP contribution in [0.2, 0.25) is 0 Å². The molecule has 3 aromatic rings. The molecule has 25 heavy (non-hydrogen) atoms. The highest BCUT2D eigenvalue weighted by Gasteiger charge is 2.12. The molecule has 0 spiro atoms. The molecule has 0 aliphatic heterocycles. The van der Waals surface area contributed by atoms with Gasteiger partial charge in [0.15, 0.2) is 0 Å². The fourth-order valence-electron chi connectivity index (χ4n) is 2.03. The first-order chi connectivity index (χ1) is 12.1. The Balaban J connectivity index is 1.69. The quantitative estimate of drug-likeness (QED) is 0.746. The van der Waals surface area contributed by atoms with E-state index in [0.717, 1.165) is 17.7 Å². The predicted molar refractivity (Wildman–Crippen MR) is 87.9 cm³/mol. The van der Waals surface area contributed by atoms with E-state index in [2.05, 4.69) is 25.6 Å². The molecule has 2 heterocycles. The summed E-state index contributed by atoms with van der Waals surface area (Å²) >= 11 is 0. The van der Waals surface area contributed by atoms with Gasteiger partial charge in [-0.05, 0) is 35.9 Å². The van der Waals surface area contributed by atoms with Gasteiger partial charge in [0.05, 0.1) is 5.69 Å². The number of pyridine rings is 1. The number of benzene rings is 1. The molecule has 1 aromatic carbocycles. The van der Waals surface area contributed by atoms with Crippen molar-refractivity contribution in [3.05, 3.63) is 77.9 Å². The molecule has 6 nitrogen and oxygen atoms in total. The van der Waals surface area contributed by atoms with Gasteiger partial charge in [-0.3, -0.25) is 9.78 Å². The summed E-state index contributed by atoms with van der Waals surface area (Å²) in [5.41, 5.74) is 0.897. The summed E-state index contributed by atoms with van der Waals surface area (Å²) in [6.45, 7) is 0.459. The van der Waals surface area contributed by atoms with Crippen LogP contribution in [0, 0.1) is 11.6 Å². The van der Waals surface area contributed by atoms with E-state index < -0.39 is 17.5 Å². The van der Waals surface area contributed by atoms with Crippen LogP contribution in [0.3, 0.4) is 0 Å². The maximum atomic E-state index is 13.6. The van der Waals surface area contributed by atoms with Gasteiger partial charge in [-0.1, -0.05) is 0 Å². The largest absolute Gasteiger partial charge is 0.350 e. The maximum Gasteiger partial charge on any atom is 0.274 e. The minimum Gasteiger partial charge on any atom is -0.350 e. The summed E-state index contributed by atoms with van der Waals surface area (Å²) in [6.07, 6.45) is 4.75. The van der Waals surface area contributed by atoms with Gasteiger partial charge in [-0.25, -0.2) is 18.7 Å². The van der Waals surface area contributed by atoms with Crippen LogP contribution in [0.15, 0.2) is 55.0 Å². The van der Waals surface area contributed by atoms with Gasteiger partial charge in [-0.15, -0.1) is 0 Å². The molecule has 0 saturated heterocycles. The van der Waals surface area contributed by atoms with E-state index in [0.29, 0.717) is 12.6 Å². The summed E-state index contributed by atoms with van der Waals surface area (Å²) in [6, 6.07) is 7.96. The molecule has 0 atom stereocenters. The van der Waals surface area contributed by atoms with Crippen molar-refractivity contribution in [3.8, 4) is 0 Å². The Bertz CT molecular complexity index is 889. The molecular weight excluding hydrogens is 328 g/mol. The van der Waals surface area contributed by atoms with Crippen LogP contribution < -0.4 is 10.6 Å². The van der Waals surface area contributed by atoms with E-state index in [9.17, 15) is 13.6 Å². The molecule has 2 N–H and O–H groups in total. The third-order valence-electron chi connectivity index (χ3n) is 3.27. The summed E-state index contributed by atoms with van der Waals surface area (Å²) in [4.78, 5) is 24.2. The van der Waals surface area contributed by atoms with Crippen LogP contribution in [0.5, 0.6) is 0 Å². The van der Waals surface area contributed by atoms with Crippen molar-refractivity contribution in [2.24, 2.45) is 0 Å². The summed E-state index contributed by atoms with van der Waals surface area (Å²) < 4.78 is 26.5. The molecule has 0 unspecified atom stereocenters. The molecule has 126 valence electrons. The number of nitrogens with zero attached hydrogens (tertiary/aromatic N) is 3. The second-order valence-corrected chi connectivity index (χ2v) is 5.05. The van der Waals surface area contributed by atoms with Crippen LogP contribution in [0.4, 0.5) is 20.4 Å². The Kier molecular flexibility index (Phi) is 4.89. The molecular formula is C17H13F2N5O. The standard InChI is InChI=1S/C17H13F2N5O/c18-12-1-2-14(13(19)9-12)23-16(25)15-5-8-21-17(24-15)22-10-11-3-6-20-7-4-11/h1-9H,10H2,(H,23,25)(H,21,22,24). The zero-order valence-electron chi connectivity index (χ0n) is 12.9. The van der Waals surface area contributed by atoms with Gasteiger partial charge < -0.3 is 10.6 Å². The first kappa shape index (κ1) is 16.4. The fraction of sp³-hybridized carbons (Fsp3) is 0.0588. The topological polar surface area (TPSA) is 79.8 Å². The average Bonchev–Trinajstić information content (AvgIpc) is 2.63. The van der Waals surface area contributed by atoms with Gasteiger partial charge >= 0.3 is 0 Å². The molecule has 0 aliphatic rings. The highest BCUT2D eigenvalue weighted by molar-refractivity contribution is 6.03. The fourth-order valence-corrected chi connectivity index (χ4v) is 2.03. The van der Waals surface area contributed by atoms with Crippen LogP contribution in [-0.4, -0.2) is 20.9 Å². The van der Waals surface area contributed by atoms with E-state index in [-0.39, 0.29) is 17.3 Å². The smallest absolute Gasteiger partial charge is 0.274 e. The maximum absolute atomic E-state index is 13.6. The summed E-state index contributed by atoms with van der Waals surface area (Å²) in [5, 5.41) is 5.33. The zero-order chi connectivity index (χ0) is 17.6. The van der Waals surface area contributed by atoms with E-state index in [4.69, 9.17) is 0 Å². The Morgan fingerprint density at radius 3 is 2.60 bits per heavy atom. The Morgan fingerprint density at radius 2 is 1.84 bits per heavy atom. The lowest BCUT2D eigenvalue weighted by Gasteiger charge is -2.08. The van der Waals surface area contributed by atoms with Crippen molar-refractivity contribution < 1.29 is 13.6 Å². The Hall–Kier alpha value is -3.42. The summed E-state index contributed by atoms with van der Waals surface area (Å²) in [5.74, 6) is -1.96. The minimum absolute atomic E-state index is 0.0518. The molecule has 0 fully saturated rings. The highest BCUT2D eigenvalue weighted by atomic mass is 19.1. The van der Waals surface area contributed by atoms with Crippen LogP contribution in [-0.2, 0) is 6.54 Å². The first-order valence-corrected chi connectivity index (χ1v) is 7.34. The second-order valence-electron chi connectivity index (χ2n) is 5.05. The minimum atomic E-state index is -0.863. The van der Waals surface area contributed by atoms with Crippen molar-refractivity contribution in [2.45, 2.75) is 6.54 Å². The highest BCUT2D eigenvalue weighted by Crippen LogP contribution is 2.16.